The number of aliphatic imine (C=N–C) groups is 1. The molecule has 1 aliphatic heterocycles. The van der Waals surface area contributed by atoms with Crippen molar-refractivity contribution in [3.05, 3.63) is 65.0 Å². The number of nitrogens with two attached hydrogens (primary N) is 1. The summed E-state index contributed by atoms with van der Waals surface area (Å²) in [5, 5.41) is 1.66. The van der Waals surface area contributed by atoms with Gasteiger partial charge >= 0.3 is 0 Å². The zero-order chi connectivity index (χ0) is 15.5. The van der Waals surface area contributed by atoms with Gasteiger partial charge in [0, 0.05) is 5.56 Å². The Morgan fingerprint density at radius 1 is 1.18 bits per heavy atom. The average Bonchev–Trinajstić information content (AvgIpc) is 2.94. The van der Waals surface area contributed by atoms with Crippen LogP contribution in [-0.4, -0.2) is 31.0 Å². The maximum Gasteiger partial charge on any atom is 0.165 e. The fraction of sp³-hybridized carbons (Fsp3) is 0.235. The van der Waals surface area contributed by atoms with Crippen molar-refractivity contribution in [2.24, 2.45) is 10.8 Å². The Morgan fingerprint density at radius 2 is 1.91 bits per heavy atom. The lowest BCUT2D eigenvalue weighted by Crippen LogP contribution is -2.34. The molecule has 0 amide bonds. The van der Waals surface area contributed by atoms with Crippen LogP contribution in [0.4, 0.5) is 4.39 Å². The second-order valence-electron chi connectivity index (χ2n) is 5.24. The van der Waals surface area contributed by atoms with Gasteiger partial charge in [-0.1, -0.05) is 30.3 Å². The Hall–Kier alpha value is -2.40. The molecule has 0 unspecified atom stereocenters. The van der Waals surface area contributed by atoms with Crippen molar-refractivity contribution in [3.63, 3.8) is 0 Å². The standard InChI is InChI=1S/C17H18FN3O/c1-22-16-7-4-13(11-15(16)18)10-12-2-5-14(6-3-12)17-20-8-9-21(17)19/h2-7,11H,8-10,19H2,1H3. The van der Waals surface area contributed by atoms with Crippen LogP contribution in [0.1, 0.15) is 16.7 Å². The molecular formula is C17H18FN3O. The van der Waals surface area contributed by atoms with Gasteiger partial charge in [0.25, 0.3) is 0 Å². The number of hydrogen-bond acceptors (Lipinski definition) is 4. The highest BCUT2D eigenvalue weighted by Crippen LogP contribution is 2.20. The van der Waals surface area contributed by atoms with E-state index < -0.39 is 0 Å². The van der Waals surface area contributed by atoms with Gasteiger partial charge in [-0.25, -0.2) is 10.2 Å². The van der Waals surface area contributed by atoms with Crippen molar-refractivity contribution in [2.45, 2.75) is 6.42 Å². The van der Waals surface area contributed by atoms with E-state index >= 15 is 0 Å². The van der Waals surface area contributed by atoms with Crippen LogP contribution >= 0.6 is 0 Å². The molecule has 0 saturated heterocycles. The maximum absolute atomic E-state index is 13.7. The molecule has 114 valence electrons. The summed E-state index contributed by atoms with van der Waals surface area (Å²) in [5.74, 6) is 6.61. The Kier molecular flexibility index (Phi) is 4.06. The minimum Gasteiger partial charge on any atom is -0.494 e. The van der Waals surface area contributed by atoms with E-state index in [0.717, 1.165) is 35.6 Å². The summed E-state index contributed by atoms with van der Waals surface area (Å²) in [6.07, 6.45) is 0.667. The number of rotatable bonds is 4. The van der Waals surface area contributed by atoms with Crippen molar-refractivity contribution >= 4 is 5.84 Å². The molecular weight excluding hydrogens is 281 g/mol. The summed E-state index contributed by atoms with van der Waals surface area (Å²) in [7, 11) is 1.46. The molecule has 0 spiro atoms. The van der Waals surface area contributed by atoms with E-state index in [1.165, 1.54) is 13.2 Å². The lowest BCUT2D eigenvalue weighted by Gasteiger charge is -2.13. The van der Waals surface area contributed by atoms with Crippen molar-refractivity contribution < 1.29 is 9.13 Å². The zero-order valence-electron chi connectivity index (χ0n) is 12.4. The van der Waals surface area contributed by atoms with Crippen molar-refractivity contribution in [1.29, 1.82) is 0 Å². The first-order valence-corrected chi connectivity index (χ1v) is 7.16. The van der Waals surface area contributed by atoms with E-state index in [1.54, 1.807) is 11.1 Å². The second-order valence-corrected chi connectivity index (χ2v) is 5.24. The SMILES string of the molecule is COc1ccc(Cc2ccc(C3=NCCN3N)cc2)cc1F. The monoisotopic (exact) mass is 299 g/mol. The summed E-state index contributed by atoms with van der Waals surface area (Å²) < 4.78 is 18.6. The molecule has 2 aromatic carbocycles. The minimum absolute atomic E-state index is 0.265. The first kappa shape index (κ1) is 14.5. The van der Waals surface area contributed by atoms with Crippen LogP contribution in [0.2, 0.25) is 0 Å². The van der Waals surface area contributed by atoms with Crippen LogP contribution in [0, 0.1) is 5.82 Å². The summed E-state index contributed by atoms with van der Waals surface area (Å²) in [4.78, 5) is 4.39. The number of ether oxygens (including phenoxy) is 1. The molecule has 2 aromatic rings. The second kappa shape index (κ2) is 6.15. The number of nitrogens with zero attached hydrogens (tertiary/aromatic N) is 2. The van der Waals surface area contributed by atoms with Gasteiger partial charge in [0.05, 0.1) is 20.2 Å². The quantitative estimate of drug-likeness (QED) is 0.882. The minimum atomic E-state index is -0.337. The Balaban J connectivity index is 1.75. The largest absolute Gasteiger partial charge is 0.494 e. The Labute approximate surface area is 129 Å². The third-order valence-electron chi connectivity index (χ3n) is 3.71. The van der Waals surface area contributed by atoms with Gasteiger partial charge in [-0.2, -0.15) is 0 Å². The van der Waals surface area contributed by atoms with E-state index in [9.17, 15) is 4.39 Å². The number of hydrogen-bond donors (Lipinski definition) is 1. The number of benzene rings is 2. The van der Waals surface area contributed by atoms with Gasteiger partial charge in [-0.05, 0) is 29.7 Å². The first-order valence-electron chi connectivity index (χ1n) is 7.16. The number of halogens is 1. The van der Waals surface area contributed by atoms with Crippen molar-refractivity contribution in [2.75, 3.05) is 20.2 Å². The molecule has 0 atom stereocenters. The average molecular weight is 299 g/mol. The molecule has 3 rings (SSSR count). The predicted octanol–water partition coefficient (Wildman–Crippen LogP) is 2.36. The van der Waals surface area contributed by atoms with Crippen LogP contribution in [0.15, 0.2) is 47.5 Å². The van der Waals surface area contributed by atoms with E-state index in [1.807, 2.05) is 30.3 Å². The molecule has 2 N–H and O–H groups in total. The molecule has 5 heteroatoms. The van der Waals surface area contributed by atoms with Gasteiger partial charge in [0.1, 0.15) is 5.84 Å². The molecule has 1 heterocycles. The molecule has 4 nitrogen and oxygen atoms in total. The summed E-state index contributed by atoms with van der Waals surface area (Å²) in [6, 6.07) is 13.1. The highest BCUT2D eigenvalue weighted by molar-refractivity contribution is 5.99. The molecule has 0 aliphatic carbocycles. The summed E-state index contributed by atoms with van der Waals surface area (Å²) >= 11 is 0. The molecule has 0 fully saturated rings. The van der Waals surface area contributed by atoms with Crippen LogP contribution in [-0.2, 0) is 6.42 Å². The van der Waals surface area contributed by atoms with E-state index in [4.69, 9.17) is 10.6 Å². The van der Waals surface area contributed by atoms with Gasteiger partial charge in [0.15, 0.2) is 11.6 Å². The Bertz CT molecular complexity index is 698. The van der Waals surface area contributed by atoms with Crippen LogP contribution < -0.4 is 10.6 Å². The van der Waals surface area contributed by atoms with Gasteiger partial charge in [-0.15, -0.1) is 0 Å². The lowest BCUT2D eigenvalue weighted by atomic mass is 10.0. The molecule has 1 aliphatic rings. The zero-order valence-corrected chi connectivity index (χ0v) is 12.4. The summed E-state index contributed by atoms with van der Waals surface area (Å²) in [6.45, 7) is 1.49. The smallest absolute Gasteiger partial charge is 0.165 e. The maximum atomic E-state index is 13.7. The predicted molar refractivity (Wildman–Crippen MR) is 84.5 cm³/mol. The van der Waals surface area contributed by atoms with Crippen LogP contribution in [0.3, 0.4) is 0 Å². The third-order valence-corrected chi connectivity index (χ3v) is 3.71. The molecule has 0 saturated carbocycles. The van der Waals surface area contributed by atoms with E-state index in [-0.39, 0.29) is 11.6 Å². The number of methoxy groups -OCH3 is 1. The first-order chi connectivity index (χ1) is 10.7. The van der Waals surface area contributed by atoms with Crippen molar-refractivity contribution in [3.8, 4) is 5.75 Å². The molecule has 0 bridgehead atoms. The van der Waals surface area contributed by atoms with Gasteiger partial charge in [0.2, 0.25) is 0 Å². The highest BCUT2D eigenvalue weighted by atomic mass is 19.1. The number of hydrazine groups is 1. The Morgan fingerprint density at radius 3 is 2.50 bits per heavy atom. The van der Waals surface area contributed by atoms with Gasteiger partial charge < -0.3 is 4.74 Å². The topological polar surface area (TPSA) is 50.8 Å². The summed E-state index contributed by atoms with van der Waals surface area (Å²) in [5.41, 5.74) is 3.02. The van der Waals surface area contributed by atoms with Gasteiger partial charge in [-0.3, -0.25) is 10.0 Å². The lowest BCUT2D eigenvalue weighted by molar-refractivity contribution is 0.386. The van der Waals surface area contributed by atoms with Crippen molar-refractivity contribution in [1.82, 2.24) is 5.01 Å². The fourth-order valence-corrected chi connectivity index (χ4v) is 2.54. The normalized spacial score (nSPS) is 14.1. The molecule has 22 heavy (non-hydrogen) atoms. The third kappa shape index (κ3) is 2.94. The van der Waals surface area contributed by atoms with E-state index in [0.29, 0.717) is 6.42 Å². The molecule has 0 radical (unpaired) electrons. The van der Waals surface area contributed by atoms with E-state index in [2.05, 4.69) is 4.99 Å². The molecule has 0 aromatic heterocycles. The number of amidine groups is 1. The fourth-order valence-electron chi connectivity index (χ4n) is 2.54. The van der Waals surface area contributed by atoms with Crippen LogP contribution in [0.5, 0.6) is 5.75 Å². The highest BCUT2D eigenvalue weighted by Gasteiger charge is 2.14. The van der Waals surface area contributed by atoms with Crippen LogP contribution in [0.25, 0.3) is 0 Å².